The van der Waals surface area contributed by atoms with E-state index in [9.17, 15) is 22.8 Å². The van der Waals surface area contributed by atoms with Gasteiger partial charge in [0.1, 0.15) is 11.8 Å². The van der Waals surface area contributed by atoms with Crippen LogP contribution in [0.1, 0.15) is 18.4 Å². The minimum Gasteiger partial charge on any atom is -0.495 e. The van der Waals surface area contributed by atoms with E-state index in [2.05, 4.69) is 25.5 Å². The molecular formula is C28H22ClF3N6O5. The maximum Gasteiger partial charge on any atom is 0.470 e. The van der Waals surface area contributed by atoms with Gasteiger partial charge in [-0.2, -0.15) is 13.2 Å². The average Bonchev–Trinajstić information content (AvgIpc) is 3.49. The highest BCUT2D eigenvalue weighted by Gasteiger charge is 2.38. The molecule has 0 spiro atoms. The third kappa shape index (κ3) is 6.34. The number of rotatable bonds is 9. The second-order valence-corrected chi connectivity index (χ2v) is 9.58. The molecule has 0 aliphatic carbocycles. The normalized spacial score (nSPS) is 12.3. The Balaban J connectivity index is 1.55. The van der Waals surface area contributed by atoms with Crippen molar-refractivity contribution in [1.29, 1.82) is 0 Å². The van der Waals surface area contributed by atoms with E-state index < -0.39 is 35.5 Å². The fourth-order valence-electron chi connectivity index (χ4n) is 4.41. The number of anilines is 1. The predicted octanol–water partition coefficient (Wildman–Crippen LogP) is 5.41. The first-order valence-electron chi connectivity index (χ1n) is 12.6. The van der Waals surface area contributed by atoms with Crippen molar-refractivity contribution in [3.63, 3.8) is 0 Å². The Morgan fingerprint density at radius 2 is 1.79 bits per heavy atom. The van der Waals surface area contributed by atoms with Crippen molar-refractivity contribution in [3.05, 3.63) is 82.3 Å². The molecule has 0 unspecified atom stereocenters. The molecule has 3 aromatic heterocycles. The quantitative estimate of drug-likeness (QED) is 0.231. The molecule has 222 valence electrons. The number of hydrogen-bond donors (Lipinski definition) is 1. The van der Waals surface area contributed by atoms with Gasteiger partial charge in [-0.1, -0.05) is 11.6 Å². The number of ether oxygens (including phenoxy) is 2. The Morgan fingerprint density at radius 3 is 2.49 bits per heavy atom. The molecule has 0 radical (unpaired) electrons. The van der Waals surface area contributed by atoms with Crippen LogP contribution >= 0.6 is 11.6 Å². The van der Waals surface area contributed by atoms with Crippen molar-refractivity contribution in [2.45, 2.75) is 18.6 Å². The highest BCUT2D eigenvalue weighted by molar-refractivity contribution is 6.31. The number of fused-ring (bicyclic) bond motifs is 1. The fraction of sp³-hybridized carbons (Fsp3) is 0.214. The first-order chi connectivity index (χ1) is 20.6. The monoisotopic (exact) mass is 614 g/mol. The highest BCUT2D eigenvalue weighted by Crippen LogP contribution is 2.39. The Morgan fingerprint density at radius 1 is 1.02 bits per heavy atom. The number of benzene rings is 2. The third-order valence-electron chi connectivity index (χ3n) is 6.40. The zero-order valence-corrected chi connectivity index (χ0v) is 23.3. The van der Waals surface area contributed by atoms with E-state index in [1.165, 1.54) is 55.4 Å². The number of alkyl halides is 3. The molecule has 0 saturated heterocycles. The van der Waals surface area contributed by atoms with Gasteiger partial charge in [0.15, 0.2) is 0 Å². The van der Waals surface area contributed by atoms with Crippen molar-refractivity contribution < 1.29 is 31.9 Å². The molecule has 3 heterocycles. The summed E-state index contributed by atoms with van der Waals surface area (Å²) in [5, 5.41) is 9.64. The zero-order chi connectivity index (χ0) is 30.7. The summed E-state index contributed by atoms with van der Waals surface area (Å²) in [5.74, 6) is -2.36. The summed E-state index contributed by atoms with van der Waals surface area (Å²) >= 11 is 6.22. The molecule has 0 fully saturated rings. The van der Waals surface area contributed by atoms with Crippen LogP contribution in [0, 0.1) is 0 Å². The van der Waals surface area contributed by atoms with Crippen LogP contribution in [-0.4, -0.2) is 51.5 Å². The molecule has 15 heteroatoms. The number of nitrogens with one attached hydrogen (secondary N) is 1. The van der Waals surface area contributed by atoms with Crippen LogP contribution in [0.4, 0.5) is 18.9 Å². The number of hydrogen-bond acceptors (Lipinski definition) is 9. The van der Waals surface area contributed by atoms with Crippen LogP contribution in [0.25, 0.3) is 33.6 Å². The molecule has 1 atom stereocenters. The molecule has 1 N–H and O–H groups in total. The number of amides is 1. The summed E-state index contributed by atoms with van der Waals surface area (Å²) in [6.07, 6.45) is -0.305. The summed E-state index contributed by atoms with van der Waals surface area (Å²) in [6, 6.07) is 9.42. The van der Waals surface area contributed by atoms with E-state index in [-0.39, 0.29) is 40.5 Å². The maximum atomic E-state index is 13.5. The lowest BCUT2D eigenvalue weighted by molar-refractivity contribution is -0.157. The van der Waals surface area contributed by atoms with Crippen LogP contribution in [0.15, 0.2) is 70.3 Å². The number of carbonyl (C=O) groups is 1. The third-order valence-corrected chi connectivity index (χ3v) is 6.64. The largest absolute Gasteiger partial charge is 0.495 e. The van der Waals surface area contributed by atoms with Gasteiger partial charge in [-0.3, -0.25) is 24.1 Å². The van der Waals surface area contributed by atoms with E-state index in [1.807, 2.05) is 0 Å². The molecule has 5 aromatic rings. The molecule has 0 aliphatic rings. The average molecular weight is 615 g/mol. The summed E-state index contributed by atoms with van der Waals surface area (Å²) < 4.78 is 56.2. The fourth-order valence-corrected chi connectivity index (χ4v) is 4.58. The minimum absolute atomic E-state index is 0.0796. The van der Waals surface area contributed by atoms with Gasteiger partial charge >= 0.3 is 12.1 Å². The van der Waals surface area contributed by atoms with Crippen LogP contribution in [-0.2, 0) is 15.7 Å². The van der Waals surface area contributed by atoms with Gasteiger partial charge in [0.25, 0.3) is 5.56 Å². The lowest BCUT2D eigenvalue weighted by Gasteiger charge is -2.21. The van der Waals surface area contributed by atoms with Gasteiger partial charge in [0, 0.05) is 60.4 Å². The molecule has 1 amide bonds. The van der Waals surface area contributed by atoms with E-state index in [0.717, 1.165) is 0 Å². The Kier molecular flexibility index (Phi) is 8.41. The van der Waals surface area contributed by atoms with Crippen molar-refractivity contribution in [1.82, 2.24) is 24.7 Å². The molecule has 0 aliphatic heterocycles. The summed E-state index contributed by atoms with van der Waals surface area (Å²) in [4.78, 5) is 35.5. The van der Waals surface area contributed by atoms with E-state index >= 15 is 0 Å². The van der Waals surface area contributed by atoms with Crippen molar-refractivity contribution in [2.24, 2.45) is 0 Å². The van der Waals surface area contributed by atoms with Crippen LogP contribution < -0.4 is 15.6 Å². The smallest absolute Gasteiger partial charge is 0.470 e. The Bertz CT molecular complexity index is 1860. The molecule has 5 rings (SSSR count). The summed E-state index contributed by atoms with van der Waals surface area (Å²) in [7, 11) is 2.80. The maximum absolute atomic E-state index is 13.5. The molecule has 11 nitrogen and oxygen atoms in total. The lowest BCUT2D eigenvalue weighted by atomic mass is 9.99. The van der Waals surface area contributed by atoms with Crippen LogP contribution in [0.2, 0.25) is 5.02 Å². The number of aromatic nitrogens is 5. The van der Waals surface area contributed by atoms with Crippen LogP contribution in [0.3, 0.4) is 0 Å². The lowest BCUT2D eigenvalue weighted by Crippen LogP contribution is -2.34. The number of halogens is 4. The first kappa shape index (κ1) is 29.7. The van der Waals surface area contributed by atoms with Gasteiger partial charge in [0.05, 0.1) is 24.3 Å². The summed E-state index contributed by atoms with van der Waals surface area (Å²) in [6.45, 7) is 0.148. The minimum atomic E-state index is -4.85. The van der Waals surface area contributed by atoms with Gasteiger partial charge in [0.2, 0.25) is 11.8 Å². The first-order valence-corrected chi connectivity index (χ1v) is 13.0. The molecule has 0 saturated carbocycles. The number of nitrogens with zero attached hydrogens (tertiary/aromatic N) is 5. The number of methoxy groups -OCH3 is 2. The second kappa shape index (κ2) is 12.2. The van der Waals surface area contributed by atoms with E-state index in [0.29, 0.717) is 16.7 Å². The van der Waals surface area contributed by atoms with Gasteiger partial charge in [-0.25, -0.2) is 0 Å². The van der Waals surface area contributed by atoms with E-state index in [1.54, 1.807) is 24.4 Å². The predicted molar refractivity (Wildman–Crippen MR) is 150 cm³/mol. The SMILES string of the molecule is COCC[C@@H](C(=O)Nc1ccc2nccnc2c1)n1cc(OC)c(-c2cc(Cl)ccc2-c2nnc(C(F)(F)F)o2)cc1=O. The topological polar surface area (TPSA) is 134 Å². The second-order valence-electron chi connectivity index (χ2n) is 9.15. The Hall–Kier alpha value is -4.82. The molecule has 43 heavy (non-hydrogen) atoms. The van der Waals surface area contributed by atoms with Crippen molar-refractivity contribution >= 4 is 34.2 Å². The van der Waals surface area contributed by atoms with Gasteiger partial charge in [-0.05, 0) is 42.0 Å². The highest BCUT2D eigenvalue weighted by atomic mass is 35.5. The van der Waals surface area contributed by atoms with Gasteiger partial charge < -0.3 is 19.2 Å². The molecule has 0 bridgehead atoms. The number of pyridine rings is 1. The summed E-state index contributed by atoms with van der Waals surface area (Å²) in [5.41, 5.74) is 1.49. The standard InChI is InChI=1S/C28H22ClF3N6O5/c1-41-10-7-22(25(40)35-16-4-6-20-21(12-16)34-9-8-33-20)38-14-23(42-2)19(13-24(38)39)18-11-15(29)3-5-17(18)26-36-37-27(43-26)28(30,31)32/h3-6,8-9,11-14,22H,7,10H2,1-2H3,(H,35,40)/t22-/m0/s1. The number of carbonyl (C=O) groups excluding carboxylic acids is 1. The molecule has 2 aromatic carbocycles. The van der Waals surface area contributed by atoms with E-state index in [4.69, 9.17) is 25.5 Å². The van der Waals surface area contributed by atoms with Crippen molar-refractivity contribution in [2.75, 3.05) is 26.1 Å². The van der Waals surface area contributed by atoms with Crippen molar-refractivity contribution in [3.8, 4) is 28.3 Å². The van der Waals surface area contributed by atoms with Gasteiger partial charge in [-0.15, -0.1) is 10.2 Å². The van der Waals surface area contributed by atoms with Crippen LogP contribution in [0.5, 0.6) is 5.75 Å². The Labute approximate surface area is 246 Å². The molecular weight excluding hydrogens is 593 g/mol. The zero-order valence-electron chi connectivity index (χ0n) is 22.6.